The summed E-state index contributed by atoms with van der Waals surface area (Å²) in [6.45, 7) is 3.77. The number of anilines is 1. The summed E-state index contributed by atoms with van der Waals surface area (Å²) in [4.78, 5) is 16.6. The zero-order valence-corrected chi connectivity index (χ0v) is 12.6. The van der Waals surface area contributed by atoms with Gasteiger partial charge in [-0.3, -0.25) is 4.79 Å². The molecule has 1 aliphatic rings. The minimum absolute atomic E-state index is 0.147. The lowest BCUT2D eigenvalue weighted by molar-refractivity contribution is 0.0872. The molecule has 0 fully saturated rings. The molecule has 0 aliphatic carbocycles. The van der Waals surface area contributed by atoms with E-state index in [-0.39, 0.29) is 17.8 Å². The average Bonchev–Trinajstić information content (AvgIpc) is 3.12. The minimum Gasteiger partial charge on any atom is -0.464 e. The zero-order valence-electron chi connectivity index (χ0n) is 12.6. The number of aryl methyl sites for hydroxylation is 2. The highest BCUT2D eigenvalue weighted by atomic mass is 16.5. The summed E-state index contributed by atoms with van der Waals surface area (Å²) in [5.74, 6) is 1.86. The maximum Gasteiger partial charge on any atom is 0.291 e. The number of nitrogens with one attached hydrogen (secondary N) is 2. The van der Waals surface area contributed by atoms with Crippen molar-refractivity contribution in [3.8, 4) is 0 Å². The molecule has 0 spiro atoms. The monoisotopic (exact) mass is 305 g/mol. The van der Waals surface area contributed by atoms with E-state index in [0.29, 0.717) is 18.3 Å². The van der Waals surface area contributed by atoms with Crippen LogP contribution in [0.25, 0.3) is 0 Å². The largest absolute Gasteiger partial charge is 0.464 e. The predicted molar refractivity (Wildman–Crippen MR) is 78.7 cm³/mol. The molecule has 2 aromatic rings. The first-order valence-electron chi connectivity index (χ1n) is 7.22. The van der Waals surface area contributed by atoms with Crippen molar-refractivity contribution in [1.29, 1.82) is 0 Å². The van der Waals surface area contributed by atoms with Gasteiger partial charge in [-0.1, -0.05) is 0 Å². The Labute approximate surface area is 127 Å². The van der Waals surface area contributed by atoms with E-state index >= 15 is 0 Å². The molecule has 0 radical (unpaired) electrons. The topological polar surface area (TPSA) is 94.2 Å². The molecule has 0 saturated heterocycles. The molecule has 1 aliphatic heterocycles. The summed E-state index contributed by atoms with van der Waals surface area (Å²) >= 11 is 0. The standard InChI is InChI=1S/C14H19N5O3/c1-9-4-5-11(22-9)10(8-21-2)16-13(20)12-17-14-15-6-3-7-19(14)18-12/h4-5,10H,3,6-8H2,1-2H3,(H,16,20)(H,15,17,18). The minimum atomic E-state index is -0.375. The number of carbonyl (C=O) groups excluding carboxylic acids is 1. The van der Waals surface area contributed by atoms with Crippen molar-refractivity contribution in [2.75, 3.05) is 25.6 Å². The Morgan fingerprint density at radius 2 is 2.45 bits per heavy atom. The van der Waals surface area contributed by atoms with E-state index in [0.717, 1.165) is 25.3 Å². The van der Waals surface area contributed by atoms with Crippen LogP contribution in [-0.2, 0) is 11.3 Å². The van der Waals surface area contributed by atoms with E-state index in [4.69, 9.17) is 9.15 Å². The van der Waals surface area contributed by atoms with Crippen LogP contribution >= 0.6 is 0 Å². The highest BCUT2D eigenvalue weighted by Gasteiger charge is 2.23. The number of furan rings is 1. The van der Waals surface area contributed by atoms with Gasteiger partial charge in [-0.05, 0) is 25.5 Å². The second-order valence-corrected chi connectivity index (χ2v) is 5.19. The number of hydrogen-bond donors (Lipinski definition) is 2. The maximum atomic E-state index is 12.4. The van der Waals surface area contributed by atoms with Gasteiger partial charge in [-0.15, -0.1) is 5.10 Å². The van der Waals surface area contributed by atoms with Crippen LogP contribution < -0.4 is 10.6 Å². The lowest BCUT2D eigenvalue weighted by Gasteiger charge is -2.14. The molecule has 22 heavy (non-hydrogen) atoms. The molecule has 2 N–H and O–H groups in total. The lowest BCUT2D eigenvalue weighted by atomic mass is 10.2. The molecule has 1 atom stereocenters. The average molecular weight is 305 g/mol. The van der Waals surface area contributed by atoms with E-state index in [2.05, 4.69) is 20.7 Å². The number of methoxy groups -OCH3 is 1. The molecule has 0 bridgehead atoms. The van der Waals surface area contributed by atoms with Crippen molar-refractivity contribution in [3.05, 3.63) is 29.5 Å². The van der Waals surface area contributed by atoms with Crippen LogP contribution in [0.1, 0.15) is 34.6 Å². The normalized spacial score (nSPS) is 15.0. The van der Waals surface area contributed by atoms with Gasteiger partial charge in [0.1, 0.15) is 17.6 Å². The molecule has 8 heteroatoms. The fourth-order valence-electron chi connectivity index (χ4n) is 2.38. The number of amides is 1. The number of rotatable bonds is 5. The molecular formula is C14H19N5O3. The summed E-state index contributed by atoms with van der Waals surface area (Å²) in [7, 11) is 1.58. The number of aromatic nitrogens is 3. The first-order valence-corrected chi connectivity index (χ1v) is 7.22. The Bertz CT molecular complexity index is 640. The van der Waals surface area contributed by atoms with Crippen molar-refractivity contribution in [2.24, 2.45) is 0 Å². The van der Waals surface area contributed by atoms with E-state index in [9.17, 15) is 4.79 Å². The van der Waals surface area contributed by atoms with Crippen molar-refractivity contribution in [1.82, 2.24) is 20.1 Å². The molecule has 0 saturated carbocycles. The summed E-state index contributed by atoms with van der Waals surface area (Å²) < 4.78 is 12.4. The molecule has 8 nitrogen and oxygen atoms in total. The Morgan fingerprint density at radius 1 is 1.59 bits per heavy atom. The molecule has 2 aromatic heterocycles. The first kappa shape index (κ1) is 14.6. The second-order valence-electron chi connectivity index (χ2n) is 5.19. The smallest absolute Gasteiger partial charge is 0.291 e. The molecule has 3 rings (SSSR count). The Kier molecular flexibility index (Phi) is 4.10. The molecule has 1 amide bonds. The van der Waals surface area contributed by atoms with Crippen LogP contribution in [0.5, 0.6) is 0 Å². The van der Waals surface area contributed by atoms with Gasteiger partial charge in [0.25, 0.3) is 5.91 Å². The van der Waals surface area contributed by atoms with E-state index in [1.807, 2.05) is 19.1 Å². The molecule has 118 valence electrons. The van der Waals surface area contributed by atoms with Gasteiger partial charge in [0.15, 0.2) is 0 Å². The van der Waals surface area contributed by atoms with Crippen molar-refractivity contribution in [2.45, 2.75) is 25.9 Å². The third kappa shape index (κ3) is 2.96. The Hall–Kier alpha value is -2.35. The quantitative estimate of drug-likeness (QED) is 0.859. The number of fused-ring (bicyclic) bond motifs is 1. The van der Waals surface area contributed by atoms with Crippen LogP contribution in [-0.4, -0.2) is 40.9 Å². The van der Waals surface area contributed by atoms with E-state index in [1.54, 1.807) is 11.8 Å². The number of hydrogen-bond acceptors (Lipinski definition) is 6. The predicted octanol–water partition coefficient (Wildman–Crippen LogP) is 1.11. The summed E-state index contributed by atoms with van der Waals surface area (Å²) in [6, 6.07) is 3.30. The highest BCUT2D eigenvalue weighted by Crippen LogP contribution is 2.17. The Balaban J connectivity index is 1.74. The van der Waals surface area contributed by atoms with E-state index < -0.39 is 0 Å². The highest BCUT2D eigenvalue weighted by molar-refractivity contribution is 5.91. The van der Waals surface area contributed by atoms with Gasteiger partial charge >= 0.3 is 0 Å². The van der Waals surface area contributed by atoms with Crippen molar-refractivity contribution >= 4 is 11.9 Å². The van der Waals surface area contributed by atoms with Gasteiger partial charge in [-0.2, -0.15) is 4.98 Å². The fraction of sp³-hybridized carbons (Fsp3) is 0.500. The lowest BCUT2D eigenvalue weighted by Crippen LogP contribution is -2.32. The summed E-state index contributed by atoms with van der Waals surface area (Å²) in [5, 5.41) is 10.2. The molecular weight excluding hydrogens is 286 g/mol. The van der Waals surface area contributed by atoms with Gasteiger partial charge in [0, 0.05) is 20.2 Å². The third-order valence-corrected chi connectivity index (χ3v) is 3.45. The molecule has 3 heterocycles. The van der Waals surface area contributed by atoms with Gasteiger partial charge in [0.2, 0.25) is 11.8 Å². The van der Waals surface area contributed by atoms with Crippen LogP contribution in [0.2, 0.25) is 0 Å². The van der Waals surface area contributed by atoms with E-state index in [1.165, 1.54) is 0 Å². The van der Waals surface area contributed by atoms with Crippen LogP contribution in [0, 0.1) is 6.92 Å². The second kappa shape index (κ2) is 6.18. The van der Waals surface area contributed by atoms with Crippen molar-refractivity contribution in [3.63, 3.8) is 0 Å². The van der Waals surface area contributed by atoms with Crippen LogP contribution in [0.4, 0.5) is 5.95 Å². The van der Waals surface area contributed by atoms with Gasteiger partial charge in [0.05, 0.1) is 6.61 Å². The SMILES string of the molecule is COCC(NC(=O)c1nc2n(n1)CCCN2)c1ccc(C)o1. The summed E-state index contributed by atoms with van der Waals surface area (Å²) in [6.07, 6.45) is 0.968. The van der Waals surface area contributed by atoms with Gasteiger partial charge < -0.3 is 19.8 Å². The van der Waals surface area contributed by atoms with Gasteiger partial charge in [-0.25, -0.2) is 4.68 Å². The zero-order chi connectivity index (χ0) is 15.5. The number of nitrogens with zero attached hydrogens (tertiary/aromatic N) is 3. The number of ether oxygens (including phenoxy) is 1. The molecule has 1 unspecified atom stereocenters. The number of carbonyl (C=O) groups is 1. The first-order chi connectivity index (χ1) is 10.7. The fourth-order valence-corrected chi connectivity index (χ4v) is 2.38. The maximum absolute atomic E-state index is 12.4. The van der Waals surface area contributed by atoms with Crippen molar-refractivity contribution < 1.29 is 13.9 Å². The third-order valence-electron chi connectivity index (χ3n) is 3.45. The van der Waals surface area contributed by atoms with Crippen LogP contribution in [0.15, 0.2) is 16.5 Å². The Morgan fingerprint density at radius 3 is 3.14 bits per heavy atom. The van der Waals surface area contributed by atoms with Crippen LogP contribution in [0.3, 0.4) is 0 Å². The summed E-state index contributed by atoms with van der Waals surface area (Å²) in [5.41, 5.74) is 0. The molecule has 0 aromatic carbocycles.